The second kappa shape index (κ2) is 3.58. The van der Waals surface area contributed by atoms with Crippen molar-refractivity contribution in [3.63, 3.8) is 0 Å². The van der Waals surface area contributed by atoms with Gasteiger partial charge >= 0.3 is 5.69 Å². The Hall–Kier alpha value is -1.85. The van der Waals surface area contributed by atoms with Gasteiger partial charge in [-0.25, -0.2) is 4.79 Å². The molecule has 1 aliphatic carbocycles. The lowest BCUT2D eigenvalue weighted by Gasteiger charge is -2.02. The van der Waals surface area contributed by atoms with Crippen LogP contribution in [0.1, 0.15) is 30.5 Å². The molecule has 17 heavy (non-hydrogen) atoms. The van der Waals surface area contributed by atoms with E-state index in [0.717, 1.165) is 24.5 Å². The van der Waals surface area contributed by atoms with E-state index in [1.807, 2.05) is 35.5 Å². The highest BCUT2D eigenvalue weighted by atomic mass is 16.1. The Labute approximate surface area is 98.5 Å². The van der Waals surface area contributed by atoms with Crippen molar-refractivity contribution in [1.82, 2.24) is 23.9 Å². The fraction of sp³-hybridized carbons (Fsp3) is 0.545. The van der Waals surface area contributed by atoms with Gasteiger partial charge in [0, 0.05) is 25.5 Å². The van der Waals surface area contributed by atoms with E-state index >= 15 is 0 Å². The highest BCUT2D eigenvalue weighted by Gasteiger charge is 2.25. The molecule has 2 aromatic heterocycles. The van der Waals surface area contributed by atoms with Crippen LogP contribution in [0, 0.1) is 6.92 Å². The molecule has 90 valence electrons. The van der Waals surface area contributed by atoms with Gasteiger partial charge in [0.2, 0.25) is 0 Å². The highest BCUT2D eigenvalue weighted by molar-refractivity contribution is 4.97. The van der Waals surface area contributed by atoms with Crippen LogP contribution in [0.4, 0.5) is 0 Å². The minimum Gasteiger partial charge on any atom is -0.317 e. The Morgan fingerprint density at radius 2 is 2.12 bits per heavy atom. The number of rotatable bonds is 3. The van der Waals surface area contributed by atoms with E-state index in [0.29, 0.717) is 12.6 Å². The molecule has 6 nitrogen and oxygen atoms in total. The molecule has 3 rings (SSSR count). The van der Waals surface area contributed by atoms with E-state index in [4.69, 9.17) is 0 Å². The smallest absolute Gasteiger partial charge is 0.317 e. The van der Waals surface area contributed by atoms with Gasteiger partial charge in [-0.2, -0.15) is 0 Å². The summed E-state index contributed by atoms with van der Waals surface area (Å²) in [6.45, 7) is 2.38. The SMILES string of the molecule is Cc1nnc(Cn2ccn(C3CC3)c2=O)n1C. The molecule has 0 bridgehead atoms. The van der Waals surface area contributed by atoms with E-state index in [9.17, 15) is 4.79 Å². The van der Waals surface area contributed by atoms with Crippen LogP contribution in [-0.2, 0) is 13.6 Å². The molecule has 0 atom stereocenters. The Bertz CT molecular complexity index is 602. The standard InChI is InChI=1S/C11H15N5O/c1-8-12-13-10(14(8)2)7-15-5-6-16(11(15)17)9-3-4-9/h5-6,9H,3-4,7H2,1-2H3. The van der Waals surface area contributed by atoms with Crippen LogP contribution in [-0.4, -0.2) is 23.9 Å². The number of nitrogens with zero attached hydrogens (tertiary/aromatic N) is 5. The number of hydrogen-bond donors (Lipinski definition) is 0. The minimum atomic E-state index is 0.0492. The van der Waals surface area contributed by atoms with Gasteiger partial charge in [-0.1, -0.05) is 0 Å². The second-order valence-corrected chi connectivity index (χ2v) is 4.57. The fourth-order valence-corrected chi connectivity index (χ4v) is 1.92. The summed E-state index contributed by atoms with van der Waals surface area (Å²) in [5.74, 6) is 1.66. The molecule has 0 aromatic carbocycles. The number of imidazole rings is 1. The first kappa shape index (κ1) is 10.3. The molecule has 0 amide bonds. The van der Waals surface area contributed by atoms with Crippen LogP contribution in [0.3, 0.4) is 0 Å². The maximum atomic E-state index is 12.0. The van der Waals surface area contributed by atoms with Crippen molar-refractivity contribution < 1.29 is 0 Å². The van der Waals surface area contributed by atoms with Crippen LogP contribution >= 0.6 is 0 Å². The Morgan fingerprint density at radius 3 is 2.71 bits per heavy atom. The maximum absolute atomic E-state index is 12.0. The zero-order chi connectivity index (χ0) is 12.0. The molecule has 2 heterocycles. The third-order valence-electron chi connectivity index (χ3n) is 3.31. The van der Waals surface area contributed by atoms with E-state index < -0.39 is 0 Å². The second-order valence-electron chi connectivity index (χ2n) is 4.57. The van der Waals surface area contributed by atoms with Crippen LogP contribution in [0.2, 0.25) is 0 Å². The summed E-state index contributed by atoms with van der Waals surface area (Å²) >= 11 is 0. The molecule has 0 N–H and O–H groups in total. The predicted molar refractivity (Wildman–Crippen MR) is 61.8 cm³/mol. The van der Waals surface area contributed by atoms with Gasteiger partial charge in [-0.15, -0.1) is 10.2 Å². The summed E-state index contributed by atoms with van der Waals surface area (Å²) < 4.78 is 5.39. The molecular formula is C11H15N5O. The zero-order valence-electron chi connectivity index (χ0n) is 10.00. The number of hydrogen-bond acceptors (Lipinski definition) is 3. The van der Waals surface area contributed by atoms with Gasteiger partial charge in [0.05, 0.1) is 6.54 Å². The predicted octanol–water partition coefficient (Wildman–Crippen LogP) is 0.470. The van der Waals surface area contributed by atoms with Gasteiger partial charge in [0.25, 0.3) is 0 Å². The quantitative estimate of drug-likeness (QED) is 0.774. The molecule has 1 aliphatic rings. The summed E-state index contributed by atoms with van der Waals surface area (Å²) in [6.07, 6.45) is 5.92. The van der Waals surface area contributed by atoms with E-state index in [1.165, 1.54) is 0 Å². The average Bonchev–Trinajstić information content (AvgIpc) is 3.03. The first-order valence-electron chi connectivity index (χ1n) is 5.79. The van der Waals surface area contributed by atoms with E-state index in [-0.39, 0.29) is 5.69 Å². The van der Waals surface area contributed by atoms with Crippen molar-refractivity contribution in [2.24, 2.45) is 7.05 Å². The first-order valence-corrected chi connectivity index (χ1v) is 5.79. The molecule has 0 aliphatic heterocycles. The van der Waals surface area contributed by atoms with Crippen molar-refractivity contribution in [2.45, 2.75) is 32.4 Å². The Kier molecular flexibility index (Phi) is 2.17. The zero-order valence-corrected chi connectivity index (χ0v) is 10.00. The lowest BCUT2D eigenvalue weighted by molar-refractivity contribution is 0.627. The molecular weight excluding hydrogens is 218 g/mol. The molecule has 0 spiro atoms. The summed E-state index contributed by atoms with van der Waals surface area (Å²) in [7, 11) is 1.91. The monoisotopic (exact) mass is 233 g/mol. The van der Waals surface area contributed by atoms with E-state index in [1.54, 1.807) is 4.57 Å². The number of aryl methyl sites for hydroxylation is 1. The lowest BCUT2D eigenvalue weighted by Crippen LogP contribution is -2.24. The van der Waals surface area contributed by atoms with Crippen LogP contribution in [0.25, 0.3) is 0 Å². The van der Waals surface area contributed by atoms with Crippen LogP contribution < -0.4 is 5.69 Å². The molecule has 0 saturated heterocycles. The van der Waals surface area contributed by atoms with Crippen molar-refractivity contribution >= 4 is 0 Å². The summed E-state index contributed by atoms with van der Waals surface area (Å²) in [6, 6.07) is 0.421. The Balaban J connectivity index is 1.90. The first-order chi connectivity index (χ1) is 8.16. The van der Waals surface area contributed by atoms with Crippen LogP contribution in [0.15, 0.2) is 17.2 Å². The molecule has 1 saturated carbocycles. The summed E-state index contributed by atoms with van der Waals surface area (Å²) in [5, 5.41) is 8.05. The largest absolute Gasteiger partial charge is 0.328 e. The Morgan fingerprint density at radius 1 is 1.35 bits per heavy atom. The maximum Gasteiger partial charge on any atom is 0.328 e. The minimum absolute atomic E-state index is 0.0492. The molecule has 6 heteroatoms. The molecule has 1 fully saturated rings. The molecule has 2 aromatic rings. The van der Waals surface area contributed by atoms with E-state index in [2.05, 4.69) is 10.2 Å². The molecule has 0 radical (unpaired) electrons. The van der Waals surface area contributed by atoms with Gasteiger partial charge in [0.15, 0.2) is 5.82 Å². The fourth-order valence-electron chi connectivity index (χ4n) is 1.92. The third kappa shape index (κ3) is 1.69. The molecule has 0 unspecified atom stereocenters. The van der Waals surface area contributed by atoms with Crippen molar-refractivity contribution in [1.29, 1.82) is 0 Å². The van der Waals surface area contributed by atoms with Crippen LogP contribution in [0.5, 0.6) is 0 Å². The normalized spacial score (nSPS) is 15.4. The highest BCUT2D eigenvalue weighted by Crippen LogP contribution is 2.33. The average molecular weight is 233 g/mol. The van der Waals surface area contributed by atoms with Gasteiger partial charge in [0.1, 0.15) is 5.82 Å². The van der Waals surface area contributed by atoms with Gasteiger partial charge in [-0.3, -0.25) is 9.13 Å². The summed E-state index contributed by atoms with van der Waals surface area (Å²) in [4.78, 5) is 12.0. The number of aromatic nitrogens is 5. The lowest BCUT2D eigenvalue weighted by atomic mass is 10.5. The van der Waals surface area contributed by atoms with Gasteiger partial charge in [-0.05, 0) is 19.8 Å². The summed E-state index contributed by atoms with van der Waals surface area (Å²) in [5.41, 5.74) is 0.0492. The van der Waals surface area contributed by atoms with Gasteiger partial charge < -0.3 is 4.57 Å². The van der Waals surface area contributed by atoms with Crippen molar-refractivity contribution in [2.75, 3.05) is 0 Å². The van der Waals surface area contributed by atoms with Crippen molar-refractivity contribution in [3.8, 4) is 0 Å². The topological polar surface area (TPSA) is 57.6 Å². The third-order valence-corrected chi connectivity index (χ3v) is 3.31. The van der Waals surface area contributed by atoms with Crippen molar-refractivity contribution in [3.05, 3.63) is 34.5 Å².